The Morgan fingerprint density at radius 2 is 1.44 bits per heavy atom. The molecule has 1 aromatic carbocycles. The van der Waals surface area contributed by atoms with E-state index >= 15 is 0 Å². The van der Waals surface area contributed by atoms with Crippen molar-refractivity contribution >= 4 is 13.3 Å². The summed E-state index contributed by atoms with van der Waals surface area (Å²) in [6.45, 7) is 0. The molecule has 0 amide bonds. The maximum atomic E-state index is 10.2. The fourth-order valence-electron chi connectivity index (χ4n) is 0.778. The van der Waals surface area contributed by atoms with E-state index in [0.717, 1.165) is 0 Å². The molecule has 0 spiro atoms. The van der Waals surface area contributed by atoms with Crippen LogP contribution in [0.25, 0.3) is 0 Å². The second kappa shape index (κ2) is 14.6. The summed E-state index contributed by atoms with van der Waals surface area (Å²) in [6, 6.07) is 8.26. The summed E-state index contributed by atoms with van der Waals surface area (Å²) >= 11 is 0. The summed E-state index contributed by atoms with van der Waals surface area (Å²) in [4.78, 5) is 10.2. The second-order valence-corrected chi connectivity index (χ2v) is 2.50. The maximum Gasteiger partial charge on any atom is 1.00 e. The van der Waals surface area contributed by atoms with Crippen molar-refractivity contribution in [3.05, 3.63) is 35.9 Å². The number of rotatable bonds is 2. The van der Waals surface area contributed by atoms with Crippen LogP contribution in [-0.2, 0) is 4.79 Å². The van der Waals surface area contributed by atoms with Gasteiger partial charge in [0, 0.05) is 0 Å². The largest absolute Gasteiger partial charge is 1.00 e. The van der Waals surface area contributed by atoms with Crippen molar-refractivity contribution in [2.75, 3.05) is 0 Å². The van der Waals surface area contributed by atoms with E-state index in [2.05, 4.69) is 0 Å². The van der Waals surface area contributed by atoms with E-state index in [0.29, 0.717) is 5.56 Å². The Morgan fingerprint density at radius 1 is 1.11 bits per heavy atom. The van der Waals surface area contributed by atoms with Crippen molar-refractivity contribution < 1.29 is 72.0 Å². The molecule has 0 aromatic heterocycles. The van der Waals surface area contributed by atoms with Crippen LogP contribution in [0.5, 0.6) is 0 Å². The van der Waals surface area contributed by atoms with Gasteiger partial charge in [0.05, 0.1) is 0 Å². The van der Waals surface area contributed by atoms with Gasteiger partial charge in [0.25, 0.3) is 0 Å². The summed E-state index contributed by atoms with van der Waals surface area (Å²) in [7, 11) is -2.17. The predicted octanol–water partition coefficient (Wildman–Crippen LogP) is -5.78. The van der Waals surface area contributed by atoms with E-state index in [4.69, 9.17) is 25.3 Å². The van der Waals surface area contributed by atoms with E-state index in [1.807, 2.05) is 0 Å². The SMILES string of the molecule is O.O.O=C(O)C(O)c1ccccc1.OB(O)O.[H-].[Na+]. The van der Waals surface area contributed by atoms with Gasteiger partial charge in [0.1, 0.15) is 0 Å². The predicted molar refractivity (Wildman–Crippen MR) is 59.8 cm³/mol. The molecule has 0 aliphatic rings. The molecule has 0 heterocycles. The normalized spacial score (nSPS) is 9.11. The van der Waals surface area contributed by atoms with Crippen molar-refractivity contribution in [2.24, 2.45) is 0 Å². The van der Waals surface area contributed by atoms with Crippen LogP contribution in [0.3, 0.4) is 0 Å². The molecule has 0 saturated heterocycles. The number of carbonyl (C=O) groups is 1. The van der Waals surface area contributed by atoms with Crippen LogP contribution in [0.1, 0.15) is 13.1 Å². The Labute approximate surface area is 127 Å². The molecule has 9 N–H and O–H groups in total. The van der Waals surface area contributed by atoms with Crippen LogP contribution in [0.15, 0.2) is 30.3 Å². The molecule has 100 valence electrons. The van der Waals surface area contributed by atoms with Gasteiger partial charge in [-0.1, -0.05) is 30.3 Å². The average molecular weight is 274 g/mol. The first-order valence-electron chi connectivity index (χ1n) is 3.95. The minimum absolute atomic E-state index is 0. The molecular formula is C8H16BNaO8. The molecule has 0 aliphatic heterocycles. The van der Waals surface area contributed by atoms with E-state index in [1.165, 1.54) is 0 Å². The van der Waals surface area contributed by atoms with Gasteiger partial charge < -0.3 is 37.7 Å². The van der Waals surface area contributed by atoms with Crippen molar-refractivity contribution in [1.29, 1.82) is 0 Å². The molecule has 8 nitrogen and oxygen atoms in total. The van der Waals surface area contributed by atoms with E-state index in [-0.39, 0.29) is 41.9 Å². The summed E-state index contributed by atoms with van der Waals surface area (Å²) in [6.07, 6.45) is -1.41. The first-order valence-corrected chi connectivity index (χ1v) is 3.95. The number of aliphatic hydroxyl groups is 1. The minimum Gasteiger partial charge on any atom is -1.00 e. The third kappa shape index (κ3) is 13.6. The molecule has 0 saturated carbocycles. The Morgan fingerprint density at radius 3 is 1.72 bits per heavy atom. The number of aliphatic hydroxyl groups excluding tert-OH is 1. The van der Waals surface area contributed by atoms with Gasteiger partial charge in [-0.05, 0) is 5.56 Å². The molecule has 1 aromatic rings. The van der Waals surface area contributed by atoms with Gasteiger partial charge in [0.2, 0.25) is 0 Å². The van der Waals surface area contributed by atoms with E-state index < -0.39 is 19.4 Å². The topological polar surface area (TPSA) is 181 Å². The molecule has 1 unspecified atom stereocenters. The van der Waals surface area contributed by atoms with Gasteiger partial charge >= 0.3 is 42.8 Å². The molecule has 10 heteroatoms. The van der Waals surface area contributed by atoms with E-state index in [9.17, 15) is 4.79 Å². The summed E-state index contributed by atoms with van der Waals surface area (Å²) in [5.74, 6) is -1.23. The molecule has 1 rings (SSSR count). The summed E-state index contributed by atoms with van der Waals surface area (Å²) < 4.78 is 0. The molecule has 0 bridgehead atoms. The number of carboxylic acid groups (broad SMARTS) is 1. The van der Waals surface area contributed by atoms with Gasteiger partial charge in [-0.2, -0.15) is 0 Å². The zero-order valence-corrected chi connectivity index (χ0v) is 11.7. The Balaban J connectivity index is -0.0000000735. The number of carboxylic acids is 1. The molecule has 0 aliphatic carbocycles. The van der Waals surface area contributed by atoms with Crippen LogP contribution in [0, 0.1) is 0 Å². The van der Waals surface area contributed by atoms with Crippen molar-refractivity contribution in [3.8, 4) is 0 Å². The van der Waals surface area contributed by atoms with Crippen LogP contribution in [0.2, 0.25) is 0 Å². The Hall–Kier alpha value is -0.485. The van der Waals surface area contributed by atoms with Gasteiger partial charge in [-0.3, -0.25) is 0 Å². The van der Waals surface area contributed by atoms with Gasteiger partial charge in [-0.25, -0.2) is 4.79 Å². The van der Waals surface area contributed by atoms with Crippen LogP contribution in [-0.4, -0.2) is 49.5 Å². The van der Waals surface area contributed by atoms with Crippen molar-refractivity contribution in [1.82, 2.24) is 0 Å². The zero-order chi connectivity index (χ0) is 11.8. The van der Waals surface area contributed by atoms with Crippen LogP contribution >= 0.6 is 0 Å². The first-order chi connectivity index (χ1) is 6.95. The fraction of sp³-hybridized carbons (Fsp3) is 0.125. The van der Waals surface area contributed by atoms with Gasteiger partial charge in [-0.15, -0.1) is 0 Å². The monoisotopic (exact) mass is 274 g/mol. The van der Waals surface area contributed by atoms with E-state index in [1.54, 1.807) is 30.3 Å². The number of aliphatic carboxylic acids is 1. The quantitative estimate of drug-likeness (QED) is 0.335. The number of hydrogen-bond acceptors (Lipinski definition) is 5. The third-order valence-corrected chi connectivity index (χ3v) is 1.35. The second-order valence-electron chi connectivity index (χ2n) is 2.50. The van der Waals surface area contributed by atoms with Crippen molar-refractivity contribution in [3.63, 3.8) is 0 Å². The Bertz CT molecular complexity index is 299. The van der Waals surface area contributed by atoms with Crippen LogP contribution in [0.4, 0.5) is 0 Å². The fourth-order valence-corrected chi connectivity index (χ4v) is 0.778. The standard InChI is InChI=1S/C8H8O3.BH3O3.Na.2H2O.H/c9-7(8(10)11)6-4-2-1-3-5-6;2-1(3)4;;;;/h1-5,7,9H,(H,10,11);2-4H;;2*1H2;/q;;+1;;;-1. The molecule has 1 atom stereocenters. The first kappa shape index (κ1) is 26.2. The Kier molecular flexibility index (Phi) is 21.2. The molecule has 18 heavy (non-hydrogen) atoms. The number of hydrogen-bond donors (Lipinski definition) is 5. The zero-order valence-electron chi connectivity index (χ0n) is 10.7. The molecular weight excluding hydrogens is 258 g/mol. The smallest absolute Gasteiger partial charge is 1.00 e. The average Bonchev–Trinajstić information content (AvgIpc) is 2.17. The molecule has 0 radical (unpaired) electrons. The van der Waals surface area contributed by atoms with Gasteiger partial charge in [0.15, 0.2) is 6.10 Å². The molecule has 0 fully saturated rings. The maximum absolute atomic E-state index is 10.2. The summed E-state index contributed by atoms with van der Waals surface area (Å²) in [5.41, 5.74) is 0.403. The third-order valence-electron chi connectivity index (χ3n) is 1.35. The summed E-state index contributed by atoms with van der Waals surface area (Å²) in [5, 5.41) is 38.9. The van der Waals surface area contributed by atoms with Crippen molar-refractivity contribution in [2.45, 2.75) is 6.10 Å². The minimum atomic E-state index is -2.17. The number of benzene rings is 1. The van der Waals surface area contributed by atoms with Crippen LogP contribution < -0.4 is 29.6 Å².